The van der Waals surface area contributed by atoms with Crippen molar-refractivity contribution >= 4 is 34.7 Å². The SMILES string of the molecule is Cc1cc(I)cnc1/N=C/N(C)C. The van der Waals surface area contributed by atoms with Crippen LogP contribution in [0.15, 0.2) is 17.3 Å². The minimum atomic E-state index is 0.786. The van der Waals surface area contributed by atoms with Crippen molar-refractivity contribution in [1.29, 1.82) is 0 Å². The average molecular weight is 289 g/mol. The van der Waals surface area contributed by atoms with E-state index in [1.54, 1.807) is 6.34 Å². The molecule has 0 aliphatic rings. The Bertz CT molecular complexity index is 321. The number of hydrogen-bond acceptors (Lipinski definition) is 2. The van der Waals surface area contributed by atoms with Gasteiger partial charge in [0, 0.05) is 23.9 Å². The number of rotatable bonds is 2. The molecule has 0 fully saturated rings. The molecule has 0 aromatic carbocycles. The molecule has 0 aliphatic carbocycles. The minimum absolute atomic E-state index is 0.786. The Morgan fingerprint density at radius 2 is 2.23 bits per heavy atom. The van der Waals surface area contributed by atoms with Gasteiger partial charge in [0.25, 0.3) is 0 Å². The smallest absolute Gasteiger partial charge is 0.156 e. The fourth-order valence-electron chi connectivity index (χ4n) is 0.839. The van der Waals surface area contributed by atoms with Crippen LogP contribution < -0.4 is 0 Å². The van der Waals surface area contributed by atoms with Gasteiger partial charge in [-0.25, -0.2) is 9.98 Å². The minimum Gasteiger partial charge on any atom is -0.369 e. The van der Waals surface area contributed by atoms with Crippen LogP contribution in [0.5, 0.6) is 0 Å². The molecule has 0 N–H and O–H groups in total. The van der Waals surface area contributed by atoms with Gasteiger partial charge in [-0.3, -0.25) is 0 Å². The van der Waals surface area contributed by atoms with E-state index in [9.17, 15) is 0 Å². The second-order valence-electron chi connectivity index (χ2n) is 3.00. The van der Waals surface area contributed by atoms with Crippen LogP contribution >= 0.6 is 22.6 Å². The van der Waals surface area contributed by atoms with E-state index in [1.807, 2.05) is 32.1 Å². The summed E-state index contributed by atoms with van der Waals surface area (Å²) in [6, 6.07) is 2.07. The maximum Gasteiger partial charge on any atom is 0.156 e. The van der Waals surface area contributed by atoms with Crippen molar-refractivity contribution in [3.8, 4) is 0 Å². The van der Waals surface area contributed by atoms with Gasteiger partial charge in [0.1, 0.15) is 0 Å². The highest BCUT2D eigenvalue weighted by molar-refractivity contribution is 14.1. The van der Waals surface area contributed by atoms with Gasteiger partial charge in [-0.2, -0.15) is 0 Å². The molecule has 0 atom stereocenters. The molecule has 0 unspecified atom stereocenters. The fourth-order valence-corrected chi connectivity index (χ4v) is 1.44. The van der Waals surface area contributed by atoms with E-state index in [0.717, 1.165) is 15.0 Å². The zero-order valence-electron chi connectivity index (χ0n) is 7.95. The predicted octanol–water partition coefficient (Wildman–Crippen LogP) is 2.22. The normalized spacial score (nSPS) is 10.8. The van der Waals surface area contributed by atoms with E-state index in [-0.39, 0.29) is 0 Å². The molecule has 13 heavy (non-hydrogen) atoms. The van der Waals surface area contributed by atoms with Crippen molar-refractivity contribution in [2.75, 3.05) is 14.1 Å². The Kier molecular flexibility index (Phi) is 3.65. The summed E-state index contributed by atoms with van der Waals surface area (Å²) in [4.78, 5) is 10.3. The van der Waals surface area contributed by atoms with Crippen LogP contribution in [0.1, 0.15) is 5.56 Å². The molecule has 1 rings (SSSR count). The molecule has 0 amide bonds. The largest absolute Gasteiger partial charge is 0.369 e. The second-order valence-corrected chi connectivity index (χ2v) is 4.25. The average Bonchev–Trinajstić information content (AvgIpc) is 2.02. The van der Waals surface area contributed by atoms with Gasteiger partial charge in [-0.05, 0) is 41.1 Å². The fraction of sp³-hybridized carbons (Fsp3) is 0.333. The number of aliphatic imine (C=N–C) groups is 1. The summed E-state index contributed by atoms with van der Waals surface area (Å²) < 4.78 is 1.14. The molecule has 4 heteroatoms. The number of aromatic nitrogens is 1. The molecule has 0 saturated carbocycles. The topological polar surface area (TPSA) is 28.5 Å². The van der Waals surface area contributed by atoms with Crippen LogP contribution in [-0.2, 0) is 0 Å². The molecule has 3 nitrogen and oxygen atoms in total. The number of aryl methyl sites for hydroxylation is 1. The van der Waals surface area contributed by atoms with Crippen LogP contribution in [0, 0.1) is 10.5 Å². The van der Waals surface area contributed by atoms with Crippen LogP contribution in [0.25, 0.3) is 0 Å². The first-order valence-electron chi connectivity index (χ1n) is 3.92. The van der Waals surface area contributed by atoms with Crippen LogP contribution in [0.4, 0.5) is 5.82 Å². The van der Waals surface area contributed by atoms with Crippen LogP contribution in [-0.4, -0.2) is 30.3 Å². The summed E-state index contributed by atoms with van der Waals surface area (Å²) in [6.45, 7) is 2.01. The van der Waals surface area contributed by atoms with Gasteiger partial charge in [0.2, 0.25) is 0 Å². The molecule has 1 heterocycles. The van der Waals surface area contributed by atoms with E-state index in [0.29, 0.717) is 0 Å². The standard InChI is InChI=1S/C9H12IN3/c1-7-4-8(10)5-11-9(7)12-6-13(2)3/h4-6H,1-3H3/b12-6+. The van der Waals surface area contributed by atoms with Crippen LogP contribution in [0.3, 0.4) is 0 Å². The zero-order valence-corrected chi connectivity index (χ0v) is 10.1. The van der Waals surface area contributed by atoms with E-state index < -0.39 is 0 Å². The summed E-state index contributed by atoms with van der Waals surface area (Å²) in [6.07, 6.45) is 3.57. The Balaban J connectivity index is 2.90. The first-order chi connectivity index (χ1) is 6.09. The van der Waals surface area contributed by atoms with Crippen molar-refractivity contribution in [3.63, 3.8) is 0 Å². The summed E-state index contributed by atoms with van der Waals surface area (Å²) in [5.74, 6) is 0.786. The molecule has 1 aromatic heterocycles. The maximum absolute atomic E-state index is 4.23. The van der Waals surface area contributed by atoms with Crippen molar-refractivity contribution in [3.05, 3.63) is 21.4 Å². The molecule has 0 aliphatic heterocycles. The Labute approximate surface area is 92.0 Å². The van der Waals surface area contributed by atoms with Crippen molar-refractivity contribution in [2.45, 2.75) is 6.92 Å². The van der Waals surface area contributed by atoms with Crippen molar-refractivity contribution in [1.82, 2.24) is 9.88 Å². The second kappa shape index (κ2) is 4.55. The van der Waals surface area contributed by atoms with Crippen molar-refractivity contribution in [2.24, 2.45) is 4.99 Å². The molecule has 0 bridgehead atoms. The highest BCUT2D eigenvalue weighted by Gasteiger charge is 1.97. The lowest BCUT2D eigenvalue weighted by Crippen LogP contribution is -2.07. The number of nitrogens with zero attached hydrogens (tertiary/aromatic N) is 3. The molecular weight excluding hydrogens is 277 g/mol. The molecular formula is C9H12IN3. The van der Waals surface area contributed by atoms with Gasteiger partial charge in [0.05, 0.1) is 6.34 Å². The molecule has 70 valence electrons. The third-order valence-corrected chi connectivity index (χ3v) is 2.02. The molecule has 1 aromatic rings. The molecule has 0 spiro atoms. The predicted molar refractivity (Wildman–Crippen MR) is 63.5 cm³/mol. The summed E-state index contributed by atoms with van der Waals surface area (Å²) in [5, 5.41) is 0. The number of halogens is 1. The van der Waals surface area contributed by atoms with E-state index in [2.05, 4.69) is 38.6 Å². The van der Waals surface area contributed by atoms with E-state index in [4.69, 9.17) is 0 Å². The molecule has 0 radical (unpaired) electrons. The lowest BCUT2D eigenvalue weighted by atomic mass is 10.3. The third kappa shape index (κ3) is 3.30. The van der Waals surface area contributed by atoms with Gasteiger partial charge in [-0.15, -0.1) is 0 Å². The lowest BCUT2D eigenvalue weighted by molar-refractivity contribution is 0.643. The van der Waals surface area contributed by atoms with E-state index >= 15 is 0 Å². The van der Waals surface area contributed by atoms with Gasteiger partial charge >= 0.3 is 0 Å². The van der Waals surface area contributed by atoms with Crippen LogP contribution in [0.2, 0.25) is 0 Å². The Morgan fingerprint density at radius 3 is 2.77 bits per heavy atom. The summed E-state index contributed by atoms with van der Waals surface area (Å²) in [7, 11) is 3.87. The van der Waals surface area contributed by atoms with Crippen molar-refractivity contribution < 1.29 is 0 Å². The van der Waals surface area contributed by atoms with E-state index in [1.165, 1.54) is 0 Å². The highest BCUT2D eigenvalue weighted by atomic mass is 127. The Morgan fingerprint density at radius 1 is 1.54 bits per heavy atom. The first-order valence-corrected chi connectivity index (χ1v) is 5.00. The highest BCUT2D eigenvalue weighted by Crippen LogP contribution is 2.16. The van der Waals surface area contributed by atoms with Gasteiger partial charge < -0.3 is 4.90 Å². The Hall–Kier alpha value is -0.650. The van der Waals surface area contributed by atoms with Gasteiger partial charge in [-0.1, -0.05) is 0 Å². The maximum atomic E-state index is 4.23. The third-order valence-electron chi connectivity index (χ3n) is 1.43. The van der Waals surface area contributed by atoms with Gasteiger partial charge in [0.15, 0.2) is 5.82 Å². The zero-order chi connectivity index (χ0) is 9.84. The number of hydrogen-bond donors (Lipinski definition) is 0. The quantitative estimate of drug-likeness (QED) is 0.474. The first kappa shape index (κ1) is 10.4. The molecule has 0 saturated heterocycles. The summed E-state index contributed by atoms with van der Waals surface area (Å²) in [5.41, 5.74) is 1.10. The summed E-state index contributed by atoms with van der Waals surface area (Å²) >= 11 is 2.24. The monoisotopic (exact) mass is 289 g/mol. The number of pyridine rings is 1. The lowest BCUT2D eigenvalue weighted by Gasteiger charge is -2.03.